The van der Waals surface area contributed by atoms with Crippen LogP contribution in [-0.4, -0.2) is 42.3 Å². The number of ether oxygens (including phenoxy) is 1. The van der Waals surface area contributed by atoms with Gasteiger partial charge in [0.15, 0.2) is 0 Å². The molecule has 0 spiro atoms. The van der Waals surface area contributed by atoms with Crippen LogP contribution < -0.4 is 15.4 Å². The van der Waals surface area contributed by atoms with Crippen molar-refractivity contribution in [3.8, 4) is 17.1 Å². The third-order valence-electron chi connectivity index (χ3n) is 4.49. The van der Waals surface area contributed by atoms with E-state index in [4.69, 9.17) is 9.26 Å². The summed E-state index contributed by atoms with van der Waals surface area (Å²) >= 11 is 0. The molecular formula is C19H26N4O3. The summed E-state index contributed by atoms with van der Waals surface area (Å²) in [7, 11) is 0. The molecule has 2 heterocycles. The van der Waals surface area contributed by atoms with Crippen LogP contribution in [0.25, 0.3) is 11.4 Å². The molecule has 140 valence electrons. The summed E-state index contributed by atoms with van der Waals surface area (Å²) in [4.78, 5) is 16.3. The van der Waals surface area contributed by atoms with Crippen molar-refractivity contribution in [3.05, 3.63) is 30.2 Å². The number of amides is 1. The highest BCUT2D eigenvalue weighted by Gasteiger charge is 2.15. The number of benzene rings is 1. The number of hydrogen-bond acceptors (Lipinski definition) is 6. The lowest BCUT2D eigenvalue weighted by Crippen LogP contribution is -2.26. The van der Waals surface area contributed by atoms with Gasteiger partial charge in [0.1, 0.15) is 5.75 Å². The van der Waals surface area contributed by atoms with Crippen LogP contribution in [0.1, 0.15) is 32.1 Å². The Bertz CT molecular complexity index is 693. The molecule has 1 aromatic carbocycles. The molecule has 7 heteroatoms. The van der Waals surface area contributed by atoms with Crippen molar-refractivity contribution in [2.75, 3.05) is 26.2 Å². The van der Waals surface area contributed by atoms with E-state index < -0.39 is 0 Å². The van der Waals surface area contributed by atoms with Crippen LogP contribution in [0.3, 0.4) is 0 Å². The monoisotopic (exact) mass is 358 g/mol. The first-order chi connectivity index (χ1) is 12.7. The lowest BCUT2D eigenvalue weighted by Gasteiger charge is -2.08. The van der Waals surface area contributed by atoms with Crippen LogP contribution in [0, 0.1) is 5.92 Å². The van der Waals surface area contributed by atoms with Gasteiger partial charge in [-0.15, -0.1) is 0 Å². The van der Waals surface area contributed by atoms with Gasteiger partial charge >= 0.3 is 0 Å². The van der Waals surface area contributed by atoms with Gasteiger partial charge in [-0.3, -0.25) is 4.79 Å². The van der Waals surface area contributed by atoms with E-state index in [1.807, 2.05) is 31.2 Å². The molecular weight excluding hydrogens is 332 g/mol. The second-order valence-corrected chi connectivity index (χ2v) is 6.47. The minimum Gasteiger partial charge on any atom is -0.494 e. The first-order valence-corrected chi connectivity index (χ1v) is 9.28. The highest BCUT2D eigenvalue weighted by molar-refractivity contribution is 5.76. The smallest absolute Gasteiger partial charge is 0.227 e. The number of hydrogen-bond donors (Lipinski definition) is 2. The van der Waals surface area contributed by atoms with E-state index in [1.165, 1.54) is 6.42 Å². The van der Waals surface area contributed by atoms with Gasteiger partial charge in [-0.1, -0.05) is 5.16 Å². The van der Waals surface area contributed by atoms with Crippen LogP contribution >= 0.6 is 0 Å². The van der Waals surface area contributed by atoms with Gasteiger partial charge in [0.05, 0.1) is 6.61 Å². The lowest BCUT2D eigenvalue weighted by atomic mass is 10.1. The van der Waals surface area contributed by atoms with Crippen molar-refractivity contribution in [3.63, 3.8) is 0 Å². The maximum Gasteiger partial charge on any atom is 0.227 e. The number of nitrogens with zero attached hydrogens (tertiary/aromatic N) is 2. The SMILES string of the molecule is CCOc1ccc(-c2noc(CCC(=O)NCCC3CCNC3)n2)cc1. The van der Waals surface area contributed by atoms with Crippen LogP contribution in [0.2, 0.25) is 0 Å². The molecule has 2 N–H and O–H groups in total. The normalized spacial score (nSPS) is 16.6. The number of nitrogens with one attached hydrogen (secondary N) is 2. The molecule has 1 amide bonds. The van der Waals surface area contributed by atoms with Crippen molar-refractivity contribution >= 4 is 5.91 Å². The quantitative estimate of drug-likeness (QED) is 0.714. The molecule has 1 aromatic heterocycles. The fraction of sp³-hybridized carbons (Fsp3) is 0.526. The Morgan fingerprint density at radius 1 is 1.38 bits per heavy atom. The van der Waals surface area contributed by atoms with E-state index in [-0.39, 0.29) is 5.91 Å². The Balaban J connectivity index is 1.42. The molecule has 1 aliphatic heterocycles. The Morgan fingerprint density at radius 2 is 2.23 bits per heavy atom. The molecule has 2 aromatic rings. The highest BCUT2D eigenvalue weighted by Crippen LogP contribution is 2.20. The number of aryl methyl sites for hydroxylation is 1. The third kappa shape index (κ3) is 5.29. The van der Waals surface area contributed by atoms with Crippen molar-refractivity contribution in [2.24, 2.45) is 5.92 Å². The molecule has 1 fully saturated rings. The second kappa shape index (κ2) is 9.33. The van der Waals surface area contributed by atoms with Gasteiger partial charge in [-0.2, -0.15) is 4.98 Å². The van der Waals surface area contributed by atoms with Gasteiger partial charge < -0.3 is 19.9 Å². The summed E-state index contributed by atoms with van der Waals surface area (Å²) in [5.41, 5.74) is 0.859. The zero-order valence-corrected chi connectivity index (χ0v) is 15.2. The summed E-state index contributed by atoms with van der Waals surface area (Å²) < 4.78 is 10.7. The molecule has 26 heavy (non-hydrogen) atoms. The minimum atomic E-state index is 0.0248. The molecule has 1 saturated heterocycles. The van der Waals surface area contributed by atoms with Crippen molar-refractivity contribution in [2.45, 2.75) is 32.6 Å². The molecule has 1 unspecified atom stereocenters. The Hall–Kier alpha value is -2.41. The summed E-state index contributed by atoms with van der Waals surface area (Å²) in [5, 5.41) is 10.3. The predicted octanol–water partition coefficient (Wildman–Crippen LogP) is 2.18. The summed E-state index contributed by atoms with van der Waals surface area (Å²) in [5.74, 6) is 2.52. The molecule has 0 radical (unpaired) electrons. The van der Waals surface area contributed by atoms with E-state index >= 15 is 0 Å². The number of aromatic nitrogens is 2. The Morgan fingerprint density at radius 3 is 2.96 bits per heavy atom. The highest BCUT2D eigenvalue weighted by atomic mass is 16.5. The average molecular weight is 358 g/mol. The first kappa shape index (κ1) is 18.4. The summed E-state index contributed by atoms with van der Waals surface area (Å²) in [6.45, 7) is 5.46. The zero-order valence-electron chi connectivity index (χ0n) is 15.2. The zero-order chi connectivity index (χ0) is 18.2. The third-order valence-corrected chi connectivity index (χ3v) is 4.49. The molecule has 0 aliphatic carbocycles. The Labute approximate surface area is 153 Å². The lowest BCUT2D eigenvalue weighted by molar-refractivity contribution is -0.121. The van der Waals surface area contributed by atoms with Crippen LogP contribution in [0.5, 0.6) is 5.75 Å². The Kier molecular flexibility index (Phi) is 6.60. The van der Waals surface area contributed by atoms with E-state index in [0.29, 0.717) is 37.1 Å². The number of carbonyl (C=O) groups is 1. The van der Waals surface area contributed by atoms with Crippen LogP contribution in [-0.2, 0) is 11.2 Å². The number of rotatable bonds is 9. The van der Waals surface area contributed by atoms with Gasteiger partial charge in [-0.05, 0) is 63.0 Å². The maximum absolute atomic E-state index is 11.9. The van der Waals surface area contributed by atoms with Crippen molar-refractivity contribution in [1.82, 2.24) is 20.8 Å². The topological polar surface area (TPSA) is 89.3 Å². The maximum atomic E-state index is 11.9. The van der Waals surface area contributed by atoms with Gasteiger partial charge in [0.2, 0.25) is 17.6 Å². The van der Waals surface area contributed by atoms with Crippen LogP contribution in [0.4, 0.5) is 0 Å². The van der Waals surface area contributed by atoms with Gasteiger partial charge in [0, 0.05) is 24.9 Å². The largest absolute Gasteiger partial charge is 0.494 e. The fourth-order valence-electron chi connectivity index (χ4n) is 3.03. The molecule has 0 saturated carbocycles. The second-order valence-electron chi connectivity index (χ2n) is 6.47. The van der Waals surface area contributed by atoms with Crippen molar-refractivity contribution < 1.29 is 14.1 Å². The fourth-order valence-corrected chi connectivity index (χ4v) is 3.03. The van der Waals surface area contributed by atoms with Crippen LogP contribution in [0.15, 0.2) is 28.8 Å². The van der Waals surface area contributed by atoms with Gasteiger partial charge in [0.25, 0.3) is 0 Å². The molecule has 7 nitrogen and oxygen atoms in total. The molecule has 0 bridgehead atoms. The first-order valence-electron chi connectivity index (χ1n) is 9.28. The van der Waals surface area contributed by atoms with E-state index in [1.54, 1.807) is 0 Å². The van der Waals surface area contributed by atoms with E-state index in [9.17, 15) is 4.79 Å². The van der Waals surface area contributed by atoms with Crippen molar-refractivity contribution in [1.29, 1.82) is 0 Å². The standard InChI is InChI=1S/C19H26N4O3/c1-2-25-16-5-3-15(4-6-16)19-22-18(26-23-19)8-7-17(24)21-12-10-14-9-11-20-13-14/h3-6,14,20H,2,7-13H2,1H3,(H,21,24). The van der Waals surface area contributed by atoms with E-state index in [0.717, 1.165) is 37.4 Å². The summed E-state index contributed by atoms with van der Waals surface area (Å²) in [6, 6.07) is 7.54. The average Bonchev–Trinajstić information content (AvgIpc) is 3.33. The minimum absolute atomic E-state index is 0.0248. The molecule has 1 aliphatic rings. The van der Waals surface area contributed by atoms with E-state index in [2.05, 4.69) is 20.8 Å². The molecule has 3 rings (SSSR count). The summed E-state index contributed by atoms with van der Waals surface area (Å²) in [6.07, 6.45) is 3.03. The van der Waals surface area contributed by atoms with Gasteiger partial charge in [-0.25, -0.2) is 0 Å². The number of carbonyl (C=O) groups excluding carboxylic acids is 1. The predicted molar refractivity (Wildman–Crippen MR) is 97.8 cm³/mol. The molecule has 1 atom stereocenters.